The highest BCUT2D eigenvalue weighted by Gasteiger charge is 2.05. The number of hydrogen-bond acceptors (Lipinski definition) is 4. The first kappa shape index (κ1) is 15.8. The minimum Gasteiger partial charge on any atom is -0.469 e. The van der Waals surface area contributed by atoms with E-state index in [1.54, 1.807) is 12.3 Å². The monoisotopic (exact) mass is 302 g/mol. The third kappa shape index (κ3) is 4.47. The zero-order valence-electron chi connectivity index (χ0n) is 13.0. The van der Waals surface area contributed by atoms with Gasteiger partial charge in [0, 0.05) is 26.6 Å². The second-order valence-electron chi connectivity index (χ2n) is 4.81. The molecule has 0 aliphatic rings. The van der Waals surface area contributed by atoms with Crippen LogP contribution in [0.4, 0.5) is 0 Å². The van der Waals surface area contributed by atoms with Gasteiger partial charge < -0.3 is 19.6 Å². The van der Waals surface area contributed by atoms with E-state index in [0.29, 0.717) is 19.0 Å². The van der Waals surface area contributed by atoms with Crippen LogP contribution in [0.15, 0.2) is 40.5 Å². The van der Waals surface area contributed by atoms with Crippen molar-refractivity contribution < 1.29 is 4.42 Å². The van der Waals surface area contributed by atoms with Crippen LogP contribution < -0.4 is 10.6 Å². The Bertz CT molecular complexity index is 614. The summed E-state index contributed by atoms with van der Waals surface area (Å²) in [5.41, 5.74) is 0. The van der Waals surface area contributed by atoms with Gasteiger partial charge in [-0.25, -0.2) is 4.99 Å². The van der Waals surface area contributed by atoms with E-state index in [4.69, 9.17) is 4.42 Å². The average molecular weight is 302 g/mol. The van der Waals surface area contributed by atoms with Crippen LogP contribution in [0.25, 0.3) is 0 Å². The fraction of sp³-hybridized carbons (Fsp3) is 0.400. The van der Waals surface area contributed by atoms with Crippen molar-refractivity contribution in [2.75, 3.05) is 13.1 Å². The Balaban J connectivity index is 1.90. The maximum absolute atomic E-state index is 5.31. The van der Waals surface area contributed by atoms with E-state index < -0.39 is 0 Å². The molecule has 0 atom stereocenters. The van der Waals surface area contributed by atoms with Crippen LogP contribution in [0.3, 0.4) is 0 Å². The van der Waals surface area contributed by atoms with E-state index in [1.165, 1.54) is 0 Å². The molecule has 0 amide bonds. The van der Waals surface area contributed by atoms with Crippen LogP contribution >= 0.6 is 0 Å². The highest BCUT2D eigenvalue weighted by Crippen LogP contribution is 2.00. The molecule has 0 saturated heterocycles. The molecule has 2 aromatic heterocycles. The molecule has 118 valence electrons. The van der Waals surface area contributed by atoms with Gasteiger partial charge in [0.1, 0.15) is 18.1 Å². The van der Waals surface area contributed by atoms with Gasteiger partial charge in [0.05, 0.1) is 6.26 Å². The lowest BCUT2D eigenvalue weighted by atomic mass is 10.3. The number of aliphatic imine (C=N–C) groups is 1. The van der Waals surface area contributed by atoms with Crippen LogP contribution in [0.2, 0.25) is 0 Å². The van der Waals surface area contributed by atoms with Crippen molar-refractivity contribution in [2.24, 2.45) is 12.0 Å². The number of furan rings is 1. The van der Waals surface area contributed by atoms with Gasteiger partial charge in [-0.05, 0) is 19.1 Å². The molecule has 0 spiro atoms. The maximum atomic E-state index is 5.31. The van der Waals surface area contributed by atoms with Crippen molar-refractivity contribution in [3.8, 4) is 0 Å². The van der Waals surface area contributed by atoms with Gasteiger partial charge in [0.25, 0.3) is 0 Å². The summed E-state index contributed by atoms with van der Waals surface area (Å²) < 4.78 is 7.23. The molecule has 0 fully saturated rings. The molecule has 0 unspecified atom stereocenters. The highest BCUT2D eigenvalue weighted by molar-refractivity contribution is 5.79. The van der Waals surface area contributed by atoms with Crippen molar-refractivity contribution in [1.82, 2.24) is 25.4 Å². The summed E-state index contributed by atoms with van der Waals surface area (Å²) in [6.07, 6.45) is 4.26. The second-order valence-corrected chi connectivity index (χ2v) is 4.81. The lowest BCUT2D eigenvalue weighted by Gasteiger charge is -2.10. The van der Waals surface area contributed by atoms with Gasteiger partial charge in [-0.1, -0.05) is 6.08 Å². The fourth-order valence-electron chi connectivity index (χ4n) is 1.84. The summed E-state index contributed by atoms with van der Waals surface area (Å²) in [4.78, 5) is 4.52. The largest absolute Gasteiger partial charge is 0.469 e. The summed E-state index contributed by atoms with van der Waals surface area (Å²) in [5, 5.41) is 14.6. The van der Waals surface area contributed by atoms with Gasteiger partial charge >= 0.3 is 0 Å². The molecule has 0 radical (unpaired) electrons. The quantitative estimate of drug-likeness (QED) is 0.456. The summed E-state index contributed by atoms with van der Waals surface area (Å²) in [5.74, 6) is 3.35. The van der Waals surface area contributed by atoms with E-state index in [2.05, 4.69) is 32.4 Å². The maximum Gasteiger partial charge on any atom is 0.191 e. The minimum atomic E-state index is 0.463. The van der Waals surface area contributed by atoms with E-state index in [1.807, 2.05) is 30.7 Å². The molecule has 0 aliphatic carbocycles. The predicted octanol–water partition coefficient (Wildman–Crippen LogP) is 1.18. The van der Waals surface area contributed by atoms with Gasteiger partial charge in [-0.2, -0.15) is 0 Å². The Morgan fingerprint density at radius 1 is 1.45 bits per heavy atom. The molecule has 22 heavy (non-hydrogen) atoms. The zero-order chi connectivity index (χ0) is 15.8. The number of nitrogens with one attached hydrogen (secondary N) is 2. The number of nitrogens with zero attached hydrogens (tertiary/aromatic N) is 4. The van der Waals surface area contributed by atoms with Crippen LogP contribution in [0.1, 0.15) is 17.4 Å². The molecule has 2 aromatic rings. The number of aromatic nitrogens is 3. The van der Waals surface area contributed by atoms with E-state index in [0.717, 1.165) is 30.4 Å². The van der Waals surface area contributed by atoms with Gasteiger partial charge in [-0.3, -0.25) is 0 Å². The molecule has 2 rings (SSSR count). The molecule has 0 aromatic carbocycles. The number of hydrogen-bond donors (Lipinski definition) is 2. The van der Waals surface area contributed by atoms with E-state index in [9.17, 15) is 0 Å². The molecule has 0 aliphatic heterocycles. The Kier molecular flexibility index (Phi) is 5.76. The minimum absolute atomic E-state index is 0.463. The summed E-state index contributed by atoms with van der Waals surface area (Å²) in [6, 6.07) is 3.84. The van der Waals surface area contributed by atoms with Gasteiger partial charge in [0.15, 0.2) is 11.8 Å². The zero-order valence-corrected chi connectivity index (χ0v) is 13.0. The first-order chi connectivity index (χ1) is 10.7. The number of aryl methyl sites for hydroxylation is 1. The summed E-state index contributed by atoms with van der Waals surface area (Å²) in [6.45, 7) is 7.45. The van der Waals surface area contributed by atoms with Crippen molar-refractivity contribution in [3.63, 3.8) is 0 Å². The molecule has 7 heteroatoms. The summed E-state index contributed by atoms with van der Waals surface area (Å²) >= 11 is 0. The Morgan fingerprint density at radius 2 is 2.32 bits per heavy atom. The Labute approximate surface area is 130 Å². The average Bonchev–Trinajstić information content (AvgIpc) is 3.14. The van der Waals surface area contributed by atoms with Crippen LogP contribution in [-0.4, -0.2) is 33.8 Å². The molecule has 0 saturated carbocycles. The lowest BCUT2D eigenvalue weighted by molar-refractivity contribution is 0.507. The van der Waals surface area contributed by atoms with E-state index in [-0.39, 0.29) is 0 Å². The van der Waals surface area contributed by atoms with Crippen LogP contribution in [0.5, 0.6) is 0 Å². The molecular weight excluding hydrogens is 280 g/mol. The molecular formula is C15H22N6O. The molecule has 2 heterocycles. The second kappa shape index (κ2) is 8.02. The first-order valence-electron chi connectivity index (χ1n) is 7.21. The smallest absolute Gasteiger partial charge is 0.191 e. The normalized spacial score (nSPS) is 11.5. The van der Waals surface area contributed by atoms with Crippen molar-refractivity contribution in [1.29, 1.82) is 0 Å². The molecule has 2 N–H and O–H groups in total. The number of rotatable bonds is 7. The fourth-order valence-corrected chi connectivity index (χ4v) is 1.84. The third-order valence-corrected chi connectivity index (χ3v) is 3.22. The molecule has 0 bridgehead atoms. The number of guanidine groups is 1. The predicted molar refractivity (Wildman–Crippen MR) is 85.5 cm³/mol. The van der Waals surface area contributed by atoms with E-state index >= 15 is 0 Å². The highest BCUT2D eigenvalue weighted by atomic mass is 16.3. The topological polar surface area (TPSA) is 80.3 Å². The first-order valence-corrected chi connectivity index (χ1v) is 7.21. The van der Waals surface area contributed by atoms with Crippen molar-refractivity contribution in [2.45, 2.75) is 19.9 Å². The SMILES string of the molecule is C=CCNC(=NCc1nnc(C)n1C)NCCc1ccco1. The van der Waals surface area contributed by atoms with Crippen molar-refractivity contribution in [3.05, 3.63) is 48.5 Å². The van der Waals surface area contributed by atoms with Crippen LogP contribution in [0, 0.1) is 6.92 Å². The van der Waals surface area contributed by atoms with Crippen molar-refractivity contribution >= 4 is 5.96 Å². The van der Waals surface area contributed by atoms with Gasteiger partial charge in [0.2, 0.25) is 0 Å². The standard InChI is InChI=1S/C15H22N6O/c1-4-8-16-15(17-9-7-13-6-5-10-22-13)18-11-14-20-19-12(2)21(14)3/h4-6,10H,1,7-9,11H2,2-3H3,(H2,16,17,18). The Morgan fingerprint density at radius 3 is 2.95 bits per heavy atom. The molecule has 7 nitrogen and oxygen atoms in total. The third-order valence-electron chi connectivity index (χ3n) is 3.22. The van der Waals surface area contributed by atoms with Crippen LogP contribution in [-0.2, 0) is 20.0 Å². The van der Waals surface area contributed by atoms with Gasteiger partial charge in [-0.15, -0.1) is 16.8 Å². The lowest BCUT2D eigenvalue weighted by Crippen LogP contribution is -2.38. The Hall–Kier alpha value is -2.57. The summed E-state index contributed by atoms with van der Waals surface area (Å²) in [7, 11) is 1.93.